The van der Waals surface area contributed by atoms with Crippen LogP contribution in [0.4, 0.5) is 0 Å². The van der Waals surface area contributed by atoms with Crippen LogP contribution in [0.15, 0.2) is 16.9 Å². The second kappa shape index (κ2) is 6.29. The average Bonchev–Trinajstić information content (AvgIpc) is 3.13. The Bertz CT molecular complexity index is 648. The molecule has 3 rings (SSSR count). The van der Waals surface area contributed by atoms with Gasteiger partial charge >= 0.3 is 0 Å². The normalized spacial score (nSPS) is 18.6. The van der Waals surface area contributed by atoms with Crippen LogP contribution in [-0.4, -0.2) is 43.8 Å². The van der Waals surface area contributed by atoms with Gasteiger partial charge in [-0.1, -0.05) is 5.16 Å². The van der Waals surface area contributed by atoms with Crippen LogP contribution in [0.1, 0.15) is 42.5 Å². The summed E-state index contributed by atoms with van der Waals surface area (Å²) >= 11 is 0. The van der Waals surface area contributed by atoms with Crippen molar-refractivity contribution in [3.63, 3.8) is 0 Å². The van der Waals surface area contributed by atoms with Crippen LogP contribution in [0.5, 0.6) is 0 Å². The highest BCUT2D eigenvalue weighted by molar-refractivity contribution is 5.76. The molecule has 1 aliphatic heterocycles. The molecule has 0 unspecified atom stereocenters. The summed E-state index contributed by atoms with van der Waals surface area (Å²) in [6.07, 6.45) is 6.19. The zero-order valence-electron chi connectivity index (χ0n) is 13.0. The van der Waals surface area contributed by atoms with Crippen molar-refractivity contribution in [2.45, 2.75) is 45.6 Å². The second-order valence-corrected chi connectivity index (χ2v) is 5.89. The van der Waals surface area contributed by atoms with Gasteiger partial charge in [-0.25, -0.2) is 0 Å². The van der Waals surface area contributed by atoms with Gasteiger partial charge in [0.05, 0.1) is 12.1 Å². The lowest BCUT2D eigenvalue weighted by Crippen LogP contribution is -2.39. The molecule has 0 spiro atoms. The van der Waals surface area contributed by atoms with E-state index < -0.39 is 0 Å². The molecule has 0 aromatic carbocycles. The van der Waals surface area contributed by atoms with Gasteiger partial charge in [-0.2, -0.15) is 10.1 Å². The van der Waals surface area contributed by atoms with E-state index in [9.17, 15) is 4.79 Å². The summed E-state index contributed by atoms with van der Waals surface area (Å²) in [5, 5.41) is 8.05. The van der Waals surface area contributed by atoms with Crippen LogP contribution < -0.4 is 0 Å². The third-order valence-electron chi connectivity index (χ3n) is 3.98. The topological polar surface area (TPSA) is 77.1 Å². The lowest BCUT2D eigenvalue weighted by atomic mass is 9.97. The molecule has 0 saturated carbocycles. The Morgan fingerprint density at radius 2 is 2.32 bits per heavy atom. The minimum atomic E-state index is 0.158. The molecule has 2 aromatic heterocycles. The second-order valence-electron chi connectivity index (χ2n) is 5.89. The van der Waals surface area contributed by atoms with Gasteiger partial charge in [-0.3, -0.25) is 9.48 Å². The standard InChI is InChI=1S/C15H21N5O2/c1-11-8-16-20(9-11)7-5-14(21)19-6-3-4-13(10-19)15-17-12(2)18-22-15/h8-9,13H,3-7,10H2,1-2H3/t13-/m0/s1. The number of hydrogen-bond donors (Lipinski definition) is 0. The number of likely N-dealkylation sites (tertiary alicyclic amines) is 1. The van der Waals surface area contributed by atoms with E-state index in [4.69, 9.17) is 4.52 Å². The van der Waals surface area contributed by atoms with Gasteiger partial charge in [0.1, 0.15) is 0 Å². The molecule has 7 nitrogen and oxygen atoms in total. The van der Waals surface area contributed by atoms with Crippen molar-refractivity contribution in [1.82, 2.24) is 24.8 Å². The van der Waals surface area contributed by atoms with E-state index in [-0.39, 0.29) is 11.8 Å². The Balaban J connectivity index is 1.55. The molecule has 1 aliphatic rings. The maximum absolute atomic E-state index is 12.4. The number of hydrogen-bond acceptors (Lipinski definition) is 5. The van der Waals surface area contributed by atoms with Crippen LogP contribution in [0.2, 0.25) is 0 Å². The zero-order chi connectivity index (χ0) is 15.5. The highest BCUT2D eigenvalue weighted by Crippen LogP contribution is 2.26. The molecule has 3 heterocycles. The number of amides is 1. The largest absolute Gasteiger partial charge is 0.342 e. The van der Waals surface area contributed by atoms with Crippen molar-refractivity contribution in [2.24, 2.45) is 0 Å². The van der Waals surface area contributed by atoms with E-state index in [1.807, 2.05) is 29.6 Å². The van der Waals surface area contributed by atoms with Crippen molar-refractivity contribution in [2.75, 3.05) is 13.1 Å². The lowest BCUT2D eigenvalue weighted by Gasteiger charge is -2.31. The molecule has 22 heavy (non-hydrogen) atoms. The first-order valence-electron chi connectivity index (χ1n) is 7.69. The summed E-state index contributed by atoms with van der Waals surface area (Å²) in [5.74, 6) is 1.62. The first kappa shape index (κ1) is 14.7. The van der Waals surface area contributed by atoms with Crippen molar-refractivity contribution < 1.29 is 9.32 Å². The van der Waals surface area contributed by atoms with Gasteiger partial charge < -0.3 is 9.42 Å². The SMILES string of the molecule is Cc1cnn(CCC(=O)N2CCC[C@H](c3nc(C)no3)C2)c1. The number of piperidine rings is 1. The number of aromatic nitrogens is 4. The van der Waals surface area contributed by atoms with Gasteiger partial charge in [-0.05, 0) is 32.3 Å². The number of carbonyl (C=O) groups excluding carboxylic acids is 1. The molecular formula is C15H21N5O2. The third-order valence-corrected chi connectivity index (χ3v) is 3.98. The maximum Gasteiger partial charge on any atom is 0.231 e. The molecular weight excluding hydrogens is 282 g/mol. The number of nitrogens with zero attached hydrogens (tertiary/aromatic N) is 5. The fourth-order valence-corrected chi connectivity index (χ4v) is 2.84. The summed E-state index contributed by atoms with van der Waals surface area (Å²) in [7, 11) is 0. The van der Waals surface area contributed by atoms with Crippen molar-refractivity contribution in [3.8, 4) is 0 Å². The van der Waals surface area contributed by atoms with E-state index in [2.05, 4.69) is 15.2 Å². The fraction of sp³-hybridized carbons (Fsp3) is 0.600. The van der Waals surface area contributed by atoms with Crippen LogP contribution in [0, 0.1) is 13.8 Å². The maximum atomic E-state index is 12.4. The van der Waals surface area contributed by atoms with Gasteiger partial charge in [0.25, 0.3) is 0 Å². The molecule has 7 heteroatoms. The quantitative estimate of drug-likeness (QED) is 0.859. The number of carbonyl (C=O) groups is 1. The van der Waals surface area contributed by atoms with Crippen LogP contribution in [0.25, 0.3) is 0 Å². The van der Waals surface area contributed by atoms with E-state index in [1.54, 1.807) is 6.20 Å². The van der Waals surface area contributed by atoms with Crippen molar-refractivity contribution >= 4 is 5.91 Å². The van der Waals surface area contributed by atoms with Crippen molar-refractivity contribution in [3.05, 3.63) is 29.7 Å². The predicted molar refractivity (Wildman–Crippen MR) is 79.2 cm³/mol. The van der Waals surface area contributed by atoms with Gasteiger partial charge in [0.15, 0.2) is 5.82 Å². The summed E-state index contributed by atoms with van der Waals surface area (Å²) in [4.78, 5) is 18.6. The monoisotopic (exact) mass is 303 g/mol. The minimum absolute atomic E-state index is 0.158. The third kappa shape index (κ3) is 3.35. The first-order chi connectivity index (χ1) is 10.6. The summed E-state index contributed by atoms with van der Waals surface area (Å²) < 4.78 is 7.07. The highest BCUT2D eigenvalue weighted by atomic mass is 16.5. The summed E-state index contributed by atoms with van der Waals surface area (Å²) in [6, 6.07) is 0. The summed E-state index contributed by atoms with van der Waals surface area (Å²) in [6.45, 7) is 5.89. The molecule has 0 aliphatic carbocycles. The Hall–Kier alpha value is -2.18. The Labute approximate surface area is 129 Å². The summed E-state index contributed by atoms with van der Waals surface area (Å²) in [5.41, 5.74) is 1.11. The molecule has 118 valence electrons. The number of aryl methyl sites for hydroxylation is 3. The van der Waals surface area contributed by atoms with E-state index in [0.29, 0.717) is 31.2 Å². The average molecular weight is 303 g/mol. The molecule has 0 radical (unpaired) electrons. The van der Waals surface area contributed by atoms with E-state index >= 15 is 0 Å². The zero-order valence-corrected chi connectivity index (χ0v) is 13.0. The Kier molecular flexibility index (Phi) is 4.22. The fourth-order valence-electron chi connectivity index (χ4n) is 2.84. The number of rotatable bonds is 4. The Morgan fingerprint density at radius 3 is 3.00 bits per heavy atom. The molecule has 1 atom stereocenters. The molecule has 0 bridgehead atoms. The van der Waals surface area contributed by atoms with Crippen LogP contribution in [0.3, 0.4) is 0 Å². The smallest absolute Gasteiger partial charge is 0.231 e. The molecule has 1 fully saturated rings. The highest BCUT2D eigenvalue weighted by Gasteiger charge is 2.28. The van der Waals surface area contributed by atoms with Gasteiger partial charge in [0.2, 0.25) is 11.8 Å². The van der Waals surface area contributed by atoms with Crippen LogP contribution >= 0.6 is 0 Å². The van der Waals surface area contributed by atoms with Gasteiger partial charge in [0, 0.05) is 32.3 Å². The molecule has 0 N–H and O–H groups in total. The first-order valence-corrected chi connectivity index (χ1v) is 7.69. The minimum Gasteiger partial charge on any atom is -0.342 e. The lowest BCUT2D eigenvalue weighted by molar-refractivity contribution is -0.132. The molecule has 2 aromatic rings. The van der Waals surface area contributed by atoms with E-state index in [1.165, 1.54) is 0 Å². The molecule has 1 saturated heterocycles. The van der Waals surface area contributed by atoms with Gasteiger partial charge in [-0.15, -0.1) is 0 Å². The predicted octanol–water partition coefficient (Wildman–Crippen LogP) is 1.68. The molecule has 1 amide bonds. The van der Waals surface area contributed by atoms with Crippen LogP contribution in [-0.2, 0) is 11.3 Å². The van der Waals surface area contributed by atoms with Crippen molar-refractivity contribution in [1.29, 1.82) is 0 Å². The Morgan fingerprint density at radius 1 is 1.45 bits per heavy atom. The van der Waals surface area contributed by atoms with E-state index in [0.717, 1.165) is 24.9 Å².